The molecule has 1 saturated carbocycles. The molecule has 94 valence electrons. The molecule has 2 rings (SSSR count). The second kappa shape index (κ2) is 4.22. The summed E-state index contributed by atoms with van der Waals surface area (Å²) in [6, 6.07) is 4.43. The summed E-state index contributed by atoms with van der Waals surface area (Å²) in [7, 11) is 3.34. The fourth-order valence-electron chi connectivity index (χ4n) is 2.58. The zero-order chi connectivity index (χ0) is 12.6. The number of benzene rings is 1. The molecule has 0 heterocycles. The highest BCUT2D eigenvalue weighted by Crippen LogP contribution is 2.52. The van der Waals surface area contributed by atoms with Gasteiger partial charge in [0.15, 0.2) is 11.5 Å². The molecule has 0 amide bonds. The van der Waals surface area contributed by atoms with Crippen molar-refractivity contribution in [3.63, 3.8) is 0 Å². The third-order valence-corrected chi connectivity index (χ3v) is 3.90. The number of methoxy groups -OCH3 is 2. The molecule has 1 atom stereocenters. The summed E-state index contributed by atoms with van der Waals surface area (Å²) in [5.41, 5.74) is 8.65. The summed E-state index contributed by atoms with van der Waals surface area (Å²) in [6.07, 6.45) is 2.33. The highest BCUT2D eigenvalue weighted by Gasteiger charge is 2.47. The molecule has 1 fully saturated rings. The van der Waals surface area contributed by atoms with Gasteiger partial charge in [0.25, 0.3) is 0 Å². The molecule has 0 bridgehead atoms. The first-order chi connectivity index (χ1) is 8.05. The predicted molar refractivity (Wildman–Crippen MR) is 68.8 cm³/mol. The highest BCUT2D eigenvalue weighted by molar-refractivity contribution is 5.52. The highest BCUT2D eigenvalue weighted by atomic mass is 16.5. The Balaban J connectivity index is 2.47. The second-order valence-electron chi connectivity index (χ2n) is 4.97. The number of nitrogens with two attached hydrogens (primary N) is 1. The van der Waals surface area contributed by atoms with E-state index in [1.54, 1.807) is 14.2 Å². The Bertz CT molecular complexity index is 422. The van der Waals surface area contributed by atoms with Crippen LogP contribution in [0.3, 0.4) is 0 Å². The van der Waals surface area contributed by atoms with E-state index in [0.29, 0.717) is 0 Å². The van der Waals surface area contributed by atoms with E-state index >= 15 is 0 Å². The molecule has 17 heavy (non-hydrogen) atoms. The van der Waals surface area contributed by atoms with Crippen molar-refractivity contribution < 1.29 is 9.47 Å². The molecular formula is C14H21NO2. The van der Waals surface area contributed by atoms with Crippen LogP contribution in [0.4, 0.5) is 0 Å². The summed E-state index contributed by atoms with van der Waals surface area (Å²) in [6.45, 7) is 4.13. The molecule has 1 aliphatic rings. The Morgan fingerprint density at radius 1 is 1.24 bits per heavy atom. The van der Waals surface area contributed by atoms with Gasteiger partial charge in [-0.15, -0.1) is 0 Å². The van der Waals surface area contributed by atoms with E-state index in [2.05, 4.69) is 19.1 Å². The monoisotopic (exact) mass is 235 g/mol. The maximum atomic E-state index is 6.10. The summed E-state index contributed by atoms with van der Waals surface area (Å²) < 4.78 is 10.8. The Morgan fingerprint density at radius 3 is 2.29 bits per heavy atom. The lowest BCUT2D eigenvalue weighted by Crippen LogP contribution is -2.31. The zero-order valence-corrected chi connectivity index (χ0v) is 11.0. The van der Waals surface area contributed by atoms with Crippen molar-refractivity contribution in [3.05, 3.63) is 23.3 Å². The average Bonchev–Trinajstić information content (AvgIpc) is 3.08. The first-order valence-electron chi connectivity index (χ1n) is 6.04. The van der Waals surface area contributed by atoms with Crippen LogP contribution in [0.15, 0.2) is 12.1 Å². The molecule has 0 radical (unpaired) electrons. The van der Waals surface area contributed by atoms with Gasteiger partial charge in [-0.3, -0.25) is 0 Å². The van der Waals surface area contributed by atoms with E-state index in [9.17, 15) is 0 Å². The van der Waals surface area contributed by atoms with Crippen molar-refractivity contribution in [2.45, 2.75) is 38.1 Å². The second-order valence-corrected chi connectivity index (χ2v) is 4.97. The van der Waals surface area contributed by atoms with Gasteiger partial charge < -0.3 is 15.2 Å². The average molecular weight is 235 g/mol. The number of hydrogen-bond acceptors (Lipinski definition) is 3. The van der Waals surface area contributed by atoms with Gasteiger partial charge in [-0.05, 0) is 43.9 Å². The third-order valence-electron chi connectivity index (χ3n) is 3.90. The molecular weight excluding hydrogens is 214 g/mol. The smallest absolute Gasteiger partial charge is 0.163 e. The lowest BCUT2D eigenvalue weighted by molar-refractivity contribution is 0.351. The van der Waals surface area contributed by atoms with Crippen molar-refractivity contribution >= 4 is 0 Å². The zero-order valence-electron chi connectivity index (χ0n) is 11.0. The molecule has 3 nitrogen and oxygen atoms in total. The first kappa shape index (κ1) is 12.2. The molecule has 1 aromatic rings. The summed E-state index contributed by atoms with van der Waals surface area (Å²) in [4.78, 5) is 0. The normalized spacial score (nSPS) is 18.6. The topological polar surface area (TPSA) is 44.5 Å². The fourth-order valence-corrected chi connectivity index (χ4v) is 2.58. The standard InChI is InChI=1S/C14H21NO2/c1-9-7-11(14(5-6-14)10(2)15)8-12(16-3)13(9)17-4/h7-8,10H,5-6,15H2,1-4H3. The first-order valence-corrected chi connectivity index (χ1v) is 6.04. The Morgan fingerprint density at radius 2 is 1.88 bits per heavy atom. The van der Waals surface area contributed by atoms with Crippen LogP contribution in [0, 0.1) is 6.92 Å². The van der Waals surface area contributed by atoms with Gasteiger partial charge in [0.1, 0.15) is 0 Å². The van der Waals surface area contributed by atoms with Crippen molar-refractivity contribution in [3.8, 4) is 11.5 Å². The van der Waals surface area contributed by atoms with E-state index in [1.807, 2.05) is 6.92 Å². The Labute approximate surface area is 103 Å². The van der Waals surface area contributed by atoms with Crippen molar-refractivity contribution in [2.24, 2.45) is 5.73 Å². The van der Waals surface area contributed by atoms with Crippen LogP contribution < -0.4 is 15.2 Å². The number of rotatable bonds is 4. The molecule has 1 unspecified atom stereocenters. The lowest BCUT2D eigenvalue weighted by Gasteiger charge is -2.22. The maximum Gasteiger partial charge on any atom is 0.163 e. The van der Waals surface area contributed by atoms with Crippen molar-refractivity contribution in [1.29, 1.82) is 0 Å². The van der Waals surface area contributed by atoms with Crippen LogP contribution in [0.25, 0.3) is 0 Å². The van der Waals surface area contributed by atoms with Crippen LogP contribution in [-0.2, 0) is 5.41 Å². The minimum atomic E-state index is 0.157. The quantitative estimate of drug-likeness (QED) is 0.871. The molecule has 0 spiro atoms. The summed E-state index contributed by atoms with van der Waals surface area (Å²) in [5, 5.41) is 0. The van der Waals surface area contributed by atoms with Gasteiger partial charge in [-0.2, -0.15) is 0 Å². The Kier molecular flexibility index (Phi) is 3.04. The van der Waals surface area contributed by atoms with Crippen LogP contribution in [-0.4, -0.2) is 20.3 Å². The molecule has 3 heteroatoms. The van der Waals surface area contributed by atoms with Crippen molar-refractivity contribution in [2.75, 3.05) is 14.2 Å². The summed E-state index contributed by atoms with van der Waals surface area (Å²) >= 11 is 0. The number of aryl methyl sites for hydroxylation is 1. The van der Waals surface area contributed by atoms with Gasteiger partial charge in [-0.1, -0.05) is 6.07 Å². The van der Waals surface area contributed by atoms with Gasteiger partial charge >= 0.3 is 0 Å². The molecule has 0 aliphatic heterocycles. The molecule has 0 aromatic heterocycles. The fraction of sp³-hybridized carbons (Fsp3) is 0.571. The number of hydrogen-bond donors (Lipinski definition) is 1. The summed E-state index contributed by atoms with van der Waals surface area (Å²) in [5.74, 6) is 1.62. The van der Waals surface area contributed by atoms with E-state index in [1.165, 1.54) is 18.4 Å². The van der Waals surface area contributed by atoms with Crippen LogP contribution in [0.2, 0.25) is 0 Å². The van der Waals surface area contributed by atoms with Gasteiger partial charge in [-0.25, -0.2) is 0 Å². The van der Waals surface area contributed by atoms with Crippen LogP contribution in [0.1, 0.15) is 30.9 Å². The van der Waals surface area contributed by atoms with E-state index in [0.717, 1.165) is 17.1 Å². The number of ether oxygens (including phenoxy) is 2. The van der Waals surface area contributed by atoms with Gasteiger partial charge in [0.05, 0.1) is 14.2 Å². The van der Waals surface area contributed by atoms with E-state index < -0.39 is 0 Å². The third kappa shape index (κ3) is 1.89. The van der Waals surface area contributed by atoms with E-state index in [-0.39, 0.29) is 11.5 Å². The van der Waals surface area contributed by atoms with E-state index in [4.69, 9.17) is 15.2 Å². The van der Waals surface area contributed by atoms with Gasteiger partial charge in [0.2, 0.25) is 0 Å². The predicted octanol–water partition coefficient (Wildman–Crippen LogP) is 2.39. The SMILES string of the molecule is COc1cc(C2(C(C)N)CC2)cc(C)c1OC. The van der Waals surface area contributed by atoms with Gasteiger partial charge in [0, 0.05) is 11.5 Å². The van der Waals surface area contributed by atoms with Crippen LogP contribution in [0.5, 0.6) is 11.5 Å². The molecule has 2 N–H and O–H groups in total. The lowest BCUT2D eigenvalue weighted by atomic mass is 9.88. The molecule has 1 aliphatic carbocycles. The minimum absolute atomic E-state index is 0.157. The molecule has 1 aromatic carbocycles. The maximum absolute atomic E-state index is 6.10. The Hall–Kier alpha value is -1.22. The largest absolute Gasteiger partial charge is 0.493 e. The molecule has 0 saturated heterocycles. The van der Waals surface area contributed by atoms with Crippen LogP contribution >= 0.6 is 0 Å². The van der Waals surface area contributed by atoms with Crippen molar-refractivity contribution in [1.82, 2.24) is 0 Å². The minimum Gasteiger partial charge on any atom is -0.493 e.